The Labute approximate surface area is 314 Å². The van der Waals surface area contributed by atoms with Gasteiger partial charge in [-0.3, -0.25) is 0 Å². The van der Waals surface area contributed by atoms with Crippen LogP contribution in [-0.2, 0) is 0 Å². The minimum absolute atomic E-state index is 1.18. The maximum atomic E-state index is 2.43. The molecular formula is C54H34. The third-order valence-electron chi connectivity index (χ3n) is 11.4. The minimum Gasteiger partial charge on any atom is -0.0622 e. The molecule has 1 aliphatic rings. The van der Waals surface area contributed by atoms with Crippen LogP contribution in [0.2, 0.25) is 0 Å². The summed E-state index contributed by atoms with van der Waals surface area (Å²) in [5, 5.41) is 10.3. The fraction of sp³-hybridized carbons (Fsp3) is 0. The molecule has 10 aromatic carbocycles. The Bertz CT molecular complexity index is 3060. The molecule has 0 saturated heterocycles. The second kappa shape index (κ2) is 12.3. The van der Waals surface area contributed by atoms with Gasteiger partial charge >= 0.3 is 0 Å². The van der Waals surface area contributed by atoms with Crippen molar-refractivity contribution in [2.24, 2.45) is 0 Å². The van der Waals surface area contributed by atoms with E-state index in [1.54, 1.807) is 0 Å². The normalized spacial score (nSPS) is 12.0. The van der Waals surface area contributed by atoms with Crippen molar-refractivity contribution in [3.8, 4) is 55.6 Å². The van der Waals surface area contributed by atoms with Crippen LogP contribution in [-0.4, -0.2) is 0 Å². The maximum absolute atomic E-state index is 2.43. The molecular weight excluding hydrogens is 649 g/mol. The Kier molecular flexibility index (Phi) is 6.97. The molecule has 0 unspecified atom stereocenters. The van der Waals surface area contributed by atoms with E-state index in [-0.39, 0.29) is 0 Å². The SMILES string of the molecule is C(=C\c1ccc(-c2ccccc2)c2ccccc12)/c1ccc(-c2c3ccccc3c(-c3ccc4c(c3)-c3cccc5cccc-4c35)c3ccccc23)cc1. The Morgan fingerprint density at radius 2 is 0.815 bits per heavy atom. The van der Waals surface area contributed by atoms with Crippen LogP contribution in [0.3, 0.4) is 0 Å². The number of fused-ring (bicyclic) bond motifs is 6. The second-order valence-electron chi connectivity index (χ2n) is 14.4. The van der Waals surface area contributed by atoms with Crippen LogP contribution in [0.1, 0.15) is 11.1 Å². The molecule has 0 heterocycles. The average molecular weight is 683 g/mol. The lowest BCUT2D eigenvalue weighted by Crippen LogP contribution is -1.91. The van der Waals surface area contributed by atoms with Crippen molar-refractivity contribution in [1.82, 2.24) is 0 Å². The summed E-state index contributed by atoms with van der Waals surface area (Å²) in [5.41, 5.74) is 15.2. The van der Waals surface area contributed by atoms with Crippen molar-refractivity contribution < 1.29 is 0 Å². The molecule has 0 bridgehead atoms. The third kappa shape index (κ3) is 4.78. The van der Waals surface area contributed by atoms with Crippen molar-refractivity contribution in [3.63, 3.8) is 0 Å². The van der Waals surface area contributed by atoms with E-state index < -0.39 is 0 Å². The second-order valence-corrected chi connectivity index (χ2v) is 14.4. The summed E-state index contributed by atoms with van der Waals surface area (Å²) in [4.78, 5) is 0. The van der Waals surface area contributed by atoms with Crippen molar-refractivity contribution in [2.45, 2.75) is 0 Å². The Morgan fingerprint density at radius 1 is 0.278 bits per heavy atom. The van der Waals surface area contributed by atoms with Gasteiger partial charge in [0.15, 0.2) is 0 Å². The van der Waals surface area contributed by atoms with E-state index >= 15 is 0 Å². The predicted molar refractivity (Wildman–Crippen MR) is 233 cm³/mol. The molecule has 0 aliphatic heterocycles. The Hall–Kier alpha value is -7.02. The summed E-state index contributed by atoms with van der Waals surface area (Å²) in [7, 11) is 0. The lowest BCUT2D eigenvalue weighted by Gasteiger charge is -2.18. The van der Waals surface area contributed by atoms with Gasteiger partial charge in [0.05, 0.1) is 0 Å². The minimum atomic E-state index is 1.18. The van der Waals surface area contributed by atoms with Crippen LogP contribution in [0.25, 0.3) is 111 Å². The highest BCUT2D eigenvalue weighted by Crippen LogP contribution is 2.50. The van der Waals surface area contributed by atoms with Gasteiger partial charge in [-0.1, -0.05) is 200 Å². The fourth-order valence-corrected chi connectivity index (χ4v) is 8.98. The summed E-state index contributed by atoms with van der Waals surface area (Å²) in [5.74, 6) is 0. The number of hydrogen-bond donors (Lipinski definition) is 0. The zero-order chi connectivity index (χ0) is 35.6. The molecule has 0 fully saturated rings. The first kappa shape index (κ1) is 30.6. The van der Waals surface area contributed by atoms with E-state index in [1.807, 2.05) is 0 Å². The molecule has 0 radical (unpaired) electrons. The maximum Gasteiger partial charge on any atom is -0.00261 e. The molecule has 0 N–H and O–H groups in total. The summed E-state index contributed by atoms with van der Waals surface area (Å²) in [6, 6.07) is 71.3. The average Bonchev–Trinajstić information content (AvgIpc) is 3.56. The summed E-state index contributed by atoms with van der Waals surface area (Å²) >= 11 is 0. The van der Waals surface area contributed by atoms with Gasteiger partial charge in [-0.05, 0) is 116 Å². The van der Waals surface area contributed by atoms with Gasteiger partial charge in [0.25, 0.3) is 0 Å². The number of hydrogen-bond acceptors (Lipinski definition) is 0. The molecule has 0 saturated carbocycles. The van der Waals surface area contributed by atoms with Gasteiger partial charge in [0.1, 0.15) is 0 Å². The Morgan fingerprint density at radius 3 is 1.48 bits per heavy atom. The van der Waals surface area contributed by atoms with E-state index in [4.69, 9.17) is 0 Å². The van der Waals surface area contributed by atoms with Gasteiger partial charge in [-0.25, -0.2) is 0 Å². The molecule has 0 amide bonds. The van der Waals surface area contributed by atoms with Crippen LogP contribution < -0.4 is 0 Å². The van der Waals surface area contributed by atoms with Crippen LogP contribution in [0.15, 0.2) is 194 Å². The number of rotatable bonds is 5. The van der Waals surface area contributed by atoms with Gasteiger partial charge in [-0.15, -0.1) is 0 Å². The van der Waals surface area contributed by atoms with Gasteiger partial charge in [-0.2, -0.15) is 0 Å². The molecule has 54 heavy (non-hydrogen) atoms. The molecule has 11 rings (SSSR count). The first-order chi connectivity index (χ1) is 26.8. The first-order valence-corrected chi connectivity index (χ1v) is 18.8. The summed E-state index contributed by atoms with van der Waals surface area (Å²) in [6.07, 6.45) is 4.49. The van der Waals surface area contributed by atoms with E-state index in [2.05, 4.69) is 206 Å². The summed E-state index contributed by atoms with van der Waals surface area (Å²) < 4.78 is 0. The predicted octanol–water partition coefficient (Wildman–Crippen LogP) is 15.1. The van der Waals surface area contributed by atoms with Crippen molar-refractivity contribution in [2.75, 3.05) is 0 Å². The molecule has 0 nitrogen and oxygen atoms in total. The molecule has 10 aromatic rings. The van der Waals surface area contributed by atoms with Gasteiger partial charge < -0.3 is 0 Å². The molecule has 0 heteroatoms. The topological polar surface area (TPSA) is 0 Å². The molecule has 0 spiro atoms. The van der Waals surface area contributed by atoms with Crippen LogP contribution in [0.5, 0.6) is 0 Å². The Balaban J connectivity index is 1.00. The van der Waals surface area contributed by atoms with Crippen LogP contribution >= 0.6 is 0 Å². The zero-order valence-electron chi connectivity index (χ0n) is 29.6. The van der Waals surface area contributed by atoms with E-state index in [1.165, 1.54) is 110 Å². The van der Waals surface area contributed by atoms with Crippen LogP contribution in [0, 0.1) is 0 Å². The summed E-state index contributed by atoms with van der Waals surface area (Å²) in [6.45, 7) is 0. The third-order valence-corrected chi connectivity index (χ3v) is 11.4. The van der Waals surface area contributed by atoms with E-state index in [0.717, 1.165) is 0 Å². The largest absolute Gasteiger partial charge is 0.0622 e. The molecule has 0 aromatic heterocycles. The van der Waals surface area contributed by atoms with Gasteiger partial charge in [0, 0.05) is 0 Å². The molecule has 250 valence electrons. The highest BCUT2D eigenvalue weighted by atomic mass is 14.3. The lowest BCUT2D eigenvalue weighted by molar-refractivity contribution is 1.63. The first-order valence-electron chi connectivity index (χ1n) is 18.8. The van der Waals surface area contributed by atoms with E-state index in [9.17, 15) is 0 Å². The van der Waals surface area contributed by atoms with E-state index in [0.29, 0.717) is 0 Å². The molecule has 1 aliphatic carbocycles. The molecule has 0 atom stereocenters. The highest BCUT2D eigenvalue weighted by molar-refractivity contribution is 6.22. The number of benzene rings is 10. The smallest absolute Gasteiger partial charge is 0.00261 e. The van der Waals surface area contributed by atoms with Crippen molar-refractivity contribution in [3.05, 3.63) is 205 Å². The zero-order valence-corrected chi connectivity index (χ0v) is 29.6. The highest BCUT2D eigenvalue weighted by Gasteiger charge is 2.23. The standard InChI is InChI=1S/C54H34/c1-2-12-36(13-3-1)42-32-30-37(41-16-4-5-17-43(41)42)27-24-35-25-28-39(29-26-35)53-46-18-6-8-20-48(46)54(49-21-9-7-19-47(49)53)40-31-33-44-45-22-10-14-38-15-11-23-50(52(38)45)51(44)34-40/h1-34H/b27-24+. The quantitative estimate of drug-likeness (QED) is 0.125. The monoisotopic (exact) mass is 682 g/mol. The van der Waals surface area contributed by atoms with Gasteiger partial charge in [0.2, 0.25) is 0 Å². The van der Waals surface area contributed by atoms with Crippen molar-refractivity contribution in [1.29, 1.82) is 0 Å². The fourth-order valence-electron chi connectivity index (χ4n) is 8.98. The van der Waals surface area contributed by atoms with Crippen LogP contribution in [0.4, 0.5) is 0 Å². The van der Waals surface area contributed by atoms with Crippen molar-refractivity contribution >= 4 is 55.2 Å². The lowest BCUT2D eigenvalue weighted by atomic mass is 9.85.